The Morgan fingerprint density at radius 2 is 1.50 bits per heavy atom. The quantitative estimate of drug-likeness (QED) is 0.185. The van der Waals surface area contributed by atoms with Crippen LogP contribution in [0.3, 0.4) is 0 Å². The van der Waals surface area contributed by atoms with Crippen LogP contribution in [-0.4, -0.2) is 78.4 Å². The van der Waals surface area contributed by atoms with E-state index in [9.17, 15) is 26.4 Å². The van der Waals surface area contributed by atoms with Crippen molar-refractivity contribution in [2.75, 3.05) is 44.7 Å². The average Bonchev–Trinajstić information content (AvgIpc) is 3.48. The maximum atomic E-state index is 14.5. The third-order valence-electron chi connectivity index (χ3n) is 10.0. The van der Waals surface area contributed by atoms with Crippen LogP contribution in [0.15, 0.2) is 90.1 Å². The smallest absolute Gasteiger partial charge is 0.368 e. The van der Waals surface area contributed by atoms with Crippen molar-refractivity contribution in [1.29, 1.82) is 0 Å². The number of hydrogen-bond donors (Lipinski definition) is 0. The standard InChI is InChI=1S/C38H38F3N5O3S/c1-25-5-12-30(13-6-25)50(48,49)46-24-32(26-7-9-27(10-8-26)36(47)45-16-15-37(45,2)3)31-21-29(23-42-35(31)46)28-11-14-34(33(22-28)38(39,40)41)44-19-17-43(4)18-20-44/h5-14,21-24H,15-20H2,1-4H3. The van der Waals surface area contributed by atoms with Crippen molar-refractivity contribution >= 4 is 32.7 Å². The minimum absolute atomic E-state index is 0.0739. The van der Waals surface area contributed by atoms with E-state index in [-0.39, 0.29) is 27.7 Å². The van der Waals surface area contributed by atoms with Gasteiger partial charge in [-0.2, -0.15) is 13.2 Å². The van der Waals surface area contributed by atoms with E-state index in [1.165, 1.54) is 30.6 Å². The Labute approximate surface area is 289 Å². The van der Waals surface area contributed by atoms with E-state index in [0.717, 1.165) is 22.0 Å². The molecule has 8 nitrogen and oxygen atoms in total. The largest absolute Gasteiger partial charge is 0.418 e. The molecule has 0 bridgehead atoms. The van der Waals surface area contributed by atoms with Crippen LogP contribution in [0.25, 0.3) is 33.3 Å². The molecule has 260 valence electrons. The molecule has 5 aromatic rings. The lowest BCUT2D eigenvalue weighted by molar-refractivity contribution is -0.137. The van der Waals surface area contributed by atoms with Crippen LogP contribution in [0.4, 0.5) is 18.9 Å². The van der Waals surface area contributed by atoms with Gasteiger partial charge in [0.2, 0.25) is 0 Å². The molecular weight excluding hydrogens is 664 g/mol. The number of likely N-dealkylation sites (tertiary alicyclic amines) is 1. The second-order valence-electron chi connectivity index (χ2n) is 13.9. The van der Waals surface area contributed by atoms with E-state index in [0.29, 0.717) is 65.9 Å². The number of carbonyl (C=O) groups excluding carboxylic acids is 1. The maximum Gasteiger partial charge on any atom is 0.418 e. The van der Waals surface area contributed by atoms with Crippen molar-refractivity contribution in [3.8, 4) is 22.3 Å². The van der Waals surface area contributed by atoms with Crippen molar-refractivity contribution in [1.82, 2.24) is 18.8 Å². The van der Waals surface area contributed by atoms with E-state index in [1.54, 1.807) is 53.4 Å². The molecular formula is C38H38F3N5O3S. The molecule has 0 N–H and O–H groups in total. The van der Waals surface area contributed by atoms with Crippen LogP contribution in [0.1, 0.15) is 41.8 Å². The van der Waals surface area contributed by atoms with E-state index in [2.05, 4.69) is 9.88 Å². The number of anilines is 1. The molecule has 4 heterocycles. The minimum Gasteiger partial charge on any atom is -0.368 e. The molecule has 50 heavy (non-hydrogen) atoms. The van der Waals surface area contributed by atoms with Crippen molar-refractivity contribution < 1.29 is 26.4 Å². The summed E-state index contributed by atoms with van der Waals surface area (Å²) in [5.74, 6) is -0.0818. The fraction of sp³-hybridized carbons (Fsp3) is 0.316. The zero-order valence-corrected chi connectivity index (χ0v) is 29.1. The van der Waals surface area contributed by atoms with Crippen LogP contribution < -0.4 is 4.90 Å². The van der Waals surface area contributed by atoms with E-state index in [4.69, 9.17) is 0 Å². The predicted molar refractivity (Wildman–Crippen MR) is 189 cm³/mol. The number of likely N-dealkylation sites (N-methyl/N-ethyl adjacent to an activating group) is 1. The molecule has 1 amide bonds. The second-order valence-corrected chi connectivity index (χ2v) is 15.7. The predicted octanol–water partition coefficient (Wildman–Crippen LogP) is 7.31. The van der Waals surface area contributed by atoms with Crippen LogP contribution in [0.5, 0.6) is 0 Å². The Hall–Kier alpha value is -4.68. The fourth-order valence-electron chi connectivity index (χ4n) is 6.74. The number of piperazine rings is 1. The second kappa shape index (κ2) is 12.3. The summed E-state index contributed by atoms with van der Waals surface area (Å²) in [6.07, 6.45) is -0.768. The van der Waals surface area contributed by atoms with Gasteiger partial charge in [-0.1, -0.05) is 35.9 Å². The van der Waals surface area contributed by atoms with Gasteiger partial charge >= 0.3 is 6.18 Å². The number of pyridine rings is 1. The number of aromatic nitrogens is 2. The first-order valence-electron chi connectivity index (χ1n) is 16.5. The molecule has 7 rings (SSSR count). The zero-order chi connectivity index (χ0) is 35.6. The van der Waals surface area contributed by atoms with Gasteiger partial charge in [0.1, 0.15) is 0 Å². The van der Waals surface area contributed by atoms with Gasteiger partial charge in [0, 0.05) is 78.4 Å². The Morgan fingerprint density at radius 1 is 0.840 bits per heavy atom. The number of amides is 1. The summed E-state index contributed by atoms with van der Waals surface area (Å²) in [4.78, 5) is 23.5. The van der Waals surface area contributed by atoms with E-state index < -0.39 is 21.8 Å². The number of halogens is 3. The number of aryl methyl sites for hydroxylation is 1. The first kappa shape index (κ1) is 33.8. The van der Waals surface area contributed by atoms with Crippen molar-refractivity contribution in [2.45, 2.75) is 43.8 Å². The molecule has 12 heteroatoms. The average molecular weight is 702 g/mol. The summed E-state index contributed by atoms with van der Waals surface area (Å²) >= 11 is 0. The van der Waals surface area contributed by atoms with E-state index in [1.807, 2.05) is 32.7 Å². The molecule has 0 aliphatic carbocycles. The summed E-state index contributed by atoms with van der Waals surface area (Å²) in [6, 6.07) is 19.4. The van der Waals surface area contributed by atoms with Crippen LogP contribution in [0.2, 0.25) is 0 Å². The summed E-state index contributed by atoms with van der Waals surface area (Å²) < 4.78 is 72.6. The molecule has 0 unspecified atom stereocenters. The Morgan fingerprint density at radius 3 is 2.10 bits per heavy atom. The first-order chi connectivity index (χ1) is 23.6. The lowest BCUT2D eigenvalue weighted by Crippen LogP contribution is -2.58. The van der Waals surface area contributed by atoms with Crippen molar-refractivity contribution in [2.24, 2.45) is 0 Å². The molecule has 2 saturated heterocycles. The molecule has 3 aromatic carbocycles. The van der Waals surface area contributed by atoms with Gasteiger partial charge in [0.05, 0.1) is 10.5 Å². The molecule has 2 aromatic heterocycles. The number of benzene rings is 3. The lowest BCUT2D eigenvalue weighted by atomic mass is 9.88. The highest BCUT2D eigenvalue weighted by atomic mass is 32.2. The zero-order valence-electron chi connectivity index (χ0n) is 28.3. The van der Waals surface area contributed by atoms with Gasteiger partial charge in [-0.05, 0) is 87.8 Å². The third kappa shape index (κ3) is 6.04. The Bertz CT molecular complexity index is 2200. The number of nitrogens with zero attached hydrogens (tertiary/aromatic N) is 5. The Balaban J connectivity index is 1.34. The molecule has 0 spiro atoms. The van der Waals surface area contributed by atoms with E-state index >= 15 is 0 Å². The van der Waals surface area contributed by atoms with Crippen LogP contribution in [-0.2, 0) is 16.2 Å². The van der Waals surface area contributed by atoms with Gasteiger partial charge in [0.15, 0.2) is 5.65 Å². The first-order valence-corrected chi connectivity index (χ1v) is 18.0. The normalized spacial score (nSPS) is 16.9. The number of alkyl halides is 3. The van der Waals surface area contributed by atoms with Gasteiger partial charge in [-0.25, -0.2) is 17.4 Å². The maximum absolute atomic E-state index is 14.5. The highest BCUT2D eigenvalue weighted by Gasteiger charge is 2.39. The molecule has 0 atom stereocenters. The number of hydrogen-bond acceptors (Lipinski definition) is 6. The van der Waals surface area contributed by atoms with Gasteiger partial charge in [-0.15, -0.1) is 0 Å². The highest BCUT2D eigenvalue weighted by molar-refractivity contribution is 7.90. The number of rotatable bonds is 6. The van der Waals surface area contributed by atoms with Gasteiger partial charge in [0.25, 0.3) is 15.9 Å². The lowest BCUT2D eigenvalue weighted by Gasteiger charge is -2.48. The van der Waals surface area contributed by atoms with Crippen molar-refractivity contribution in [3.05, 3.63) is 102 Å². The third-order valence-corrected chi connectivity index (χ3v) is 11.7. The molecule has 0 radical (unpaired) electrons. The SMILES string of the molecule is Cc1ccc(S(=O)(=O)n2cc(-c3ccc(C(=O)N4CCC4(C)C)cc3)c3cc(-c4ccc(N5CCN(C)CC5)c(C(F)(F)F)c4)cnc32)cc1. The molecule has 0 saturated carbocycles. The minimum atomic E-state index is -4.59. The van der Waals surface area contributed by atoms with Crippen molar-refractivity contribution in [3.63, 3.8) is 0 Å². The molecule has 2 aliphatic rings. The van der Waals surface area contributed by atoms with Gasteiger partial charge < -0.3 is 14.7 Å². The molecule has 2 fully saturated rings. The summed E-state index contributed by atoms with van der Waals surface area (Å²) in [7, 11) is -2.15. The van der Waals surface area contributed by atoms with Crippen LogP contribution >= 0.6 is 0 Å². The monoisotopic (exact) mass is 701 g/mol. The summed E-state index contributed by atoms with van der Waals surface area (Å²) in [5.41, 5.74) is 2.59. The summed E-state index contributed by atoms with van der Waals surface area (Å²) in [6.45, 7) is 8.88. The van der Waals surface area contributed by atoms with Gasteiger partial charge in [-0.3, -0.25) is 4.79 Å². The summed E-state index contributed by atoms with van der Waals surface area (Å²) in [5, 5.41) is 0.442. The Kier molecular flexibility index (Phi) is 8.30. The molecule has 2 aliphatic heterocycles. The topological polar surface area (TPSA) is 78.8 Å². The number of carbonyl (C=O) groups is 1. The highest BCUT2D eigenvalue weighted by Crippen LogP contribution is 2.41. The fourth-order valence-corrected chi connectivity index (χ4v) is 8.06. The number of fused-ring (bicyclic) bond motifs is 1. The van der Waals surface area contributed by atoms with Crippen LogP contribution in [0, 0.1) is 6.92 Å².